The van der Waals surface area contributed by atoms with Crippen LogP contribution in [0, 0.1) is 11.8 Å². The van der Waals surface area contributed by atoms with Gasteiger partial charge in [-0.3, -0.25) is 9.88 Å². The van der Waals surface area contributed by atoms with Crippen LogP contribution in [-0.4, -0.2) is 47.6 Å². The molecule has 1 aliphatic heterocycles. The van der Waals surface area contributed by atoms with Crippen molar-refractivity contribution in [3.05, 3.63) is 30.1 Å². The van der Waals surface area contributed by atoms with Gasteiger partial charge in [0.2, 0.25) is 0 Å². The molecule has 0 aromatic carbocycles. The maximum atomic E-state index is 4.68. The van der Waals surface area contributed by atoms with Gasteiger partial charge >= 0.3 is 0 Å². The fraction of sp³-hybridized carbons (Fsp3) is 0.700. The fourth-order valence-corrected chi connectivity index (χ4v) is 3.56. The van der Waals surface area contributed by atoms with E-state index in [0.29, 0.717) is 6.54 Å². The van der Waals surface area contributed by atoms with Gasteiger partial charge in [-0.05, 0) is 51.2 Å². The monoisotopic (exact) mass is 473 g/mol. The molecule has 148 valence electrons. The first kappa shape index (κ1) is 23.1. The Labute approximate surface area is 176 Å². The van der Waals surface area contributed by atoms with Gasteiger partial charge in [-0.1, -0.05) is 19.9 Å². The number of hydrogen-bond donors (Lipinski definition) is 2. The van der Waals surface area contributed by atoms with Crippen LogP contribution in [0.1, 0.15) is 46.7 Å². The van der Waals surface area contributed by atoms with E-state index in [2.05, 4.69) is 60.1 Å². The lowest BCUT2D eigenvalue weighted by atomic mass is 9.88. The lowest BCUT2D eigenvalue weighted by Gasteiger charge is -2.45. The summed E-state index contributed by atoms with van der Waals surface area (Å²) in [6, 6.07) is 5.94. The summed E-state index contributed by atoms with van der Waals surface area (Å²) >= 11 is 0. The lowest BCUT2D eigenvalue weighted by Crippen LogP contribution is -2.57. The number of nitrogens with one attached hydrogen (secondary N) is 2. The van der Waals surface area contributed by atoms with Gasteiger partial charge in [0.1, 0.15) is 0 Å². The Morgan fingerprint density at radius 1 is 1.23 bits per heavy atom. The average Bonchev–Trinajstić information content (AvgIpc) is 2.57. The molecule has 2 heterocycles. The molecule has 0 spiro atoms. The zero-order valence-corrected chi connectivity index (χ0v) is 19.3. The van der Waals surface area contributed by atoms with Crippen molar-refractivity contribution in [3.63, 3.8) is 0 Å². The maximum absolute atomic E-state index is 4.68. The molecule has 0 bridgehead atoms. The molecule has 0 radical (unpaired) electrons. The Bertz CT molecular complexity index is 536. The minimum atomic E-state index is 0. The first-order chi connectivity index (χ1) is 11.9. The number of likely N-dealkylation sites (tertiary alicyclic amines) is 1. The van der Waals surface area contributed by atoms with Crippen molar-refractivity contribution in [2.45, 2.75) is 53.1 Å². The van der Waals surface area contributed by atoms with Crippen LogP contribution < -0.4 is 10.6 Å². The number of guanidine groups is 1. The van der Waals surface area contributed by atoms with Crippen LogP contribution in [-0.2, 0) is 6.54 Å². The number of pyridine rings is 1. The number of rotatable bonds is 6. The third-order valence-electron chi connectivity index (χ3n) is 4.88. The molecule has 6 heteroatoms. The molecule has 2 rings (SSSR count). The van der Waals surface area contributed by atoms with E-state index < -0.39 is 0 Å². The Hall–Kier alpha value is -0.890. The van der Waals surface area contributed by atoms with Gasteiger partial charge in [0.25, 0.3) is 0 Å². The number of aromatic nitrogens is 1. The van der Waals surface area contributed by atoms with Crippen LogP contribution in [0.25, 0.3) is 0 Å². The van der Waals surface area contributed by atoms with Gasteiger partial charge < -0.3 is 10.6 Å². The summed E-state index contributed by atoms with van der Waals surface area (Å²) in [6.07, 6.45) is 3.15. The fourth-order valence-electron chi connectivity index (χ4n) is 3.56. The molecule has 1 saturated heterocycles. The molecule has 0 aliphatic carbocycles. The summed E-state index contributed by atoms with van der Waals surface area (Å²) in [6.45, 7) is 16.2. The molecule has 0 amide bonds. The number of piperidine rings is 1. The number of halogens is 1. The van der Waals surface area contributed by atoms with Crippen molar-refractivity contribution >= 4 is 29.9 Å². The third-order valence-corrected chi connectivity index (χ3v) is 4.88. The SMILES string of the molecule is CCNC(=NCc1ccccn1)NCC(C)(C)N1CC(C)CC(C)C1.I. The molecule has 1 aliphatic rings. The Morgan fingerprint density at radius 2 is 1.92 bits per heavy atom. The molecule has 1 aromatic rings. The Morgan fingerprint density at radius 3 is 2.50 bits per heavy atom. The lowest BCUT2D eigenvalue weighted by molar-refractivity contribution is 0.0483. The third kappa shape index (κ3) is 7.39. The summed E-state index contributed by atoms with van der Waals surface area (Å²) in [5.74, 6) is 2.41. The Balaban J connectivity index is 0.00000338. The second-order valence-corrected chi connectivity index (χ2v) is 8.03. The van der Waals surface area contributed by atoms with E-state index in [1.165, 1.54) is 19.5 Å². The minimum absolute atomic E-state index is 0. The summed E-state index contributed by atoms with van der Waals surface area (Å²) in [5.41, 5.74) is 1.09. The molecular weight excluding hydrogens is 437 g/mol. The highest BCUT2D eigenvalue weighted by Gasteiger charge is 2.32. The highest BCUT2D eigenvalue weighted by molar-refractivity contribution is 14.0. The molecule has 2 unspecified atom stereocenters. The molecule has 2 N–H and O–H groups in total. The van der Waals surface area contributed by atoms with Crippen molar-refractivity contribution in [2.75, 3.05) is 26.2 Å². The van der Waals surface area contributed by atoms with Crippen molar-refractivity contribution in [3.8, 4) is 0 Å². The van der Waals surface area contributed by atoms with Gasteiger partial charge in [0, 0.05) is 37.9 Å². The van der Waals surface area contributed by atoms with Crippen LogP contribution in [0.2, 0.25) is 0 Å². The van der Waals surface area contributed by atoms with Gasteiger partial charge in [-0.2, -0.15) is 0 Å². The Kier molecular flexibility index (Phi) is 9.85. The van der Waals surface area contributed by atoms with Crippen LogP contribution in [0.3, 0.4) is 0 Å². The van der Waals surface area contributed by atoms with E-state index in [9.17, 15) is 0 Å². The topological polar surface area (TPSA) is 52.6 Å². The predicted octanol–water partition coefficient (Wildman–Crippen LogP) is 3.51. The summed E-state index contributed by atoms with van der Waals surface area (Å²) in [4.78, 5) is 11.6. The van der Waals surface area contributed by atoms with E-state index in [1.54, 1.807) is 0 Å². The van der Waals surface area contributed by atoms with Crippen molar-refractivity contribution in [1.82, 2.24) is 20.5 Å². The summed E-state index contributed by atoms with van der Waals surface area (Å²) < 4.78 is 0. The van der Waals surface area contributed by atoms with Crippen LogP contribution in [0.5, 0.6) is 0 Å². The average molecular weight is 473 g/mol. The number of hydrogen-bond acceptors (Lipinski definition) is 3. The second kappa shape index (κ2) is 11.1. The highest BCUT2D eigenvalue weighted by atomic mass is 127. The number of aliphatic imine (C=N–C) groups is 1. The molecular formula is C20H36IN5. The predicted molar refractivity (Wildman–Crippen MR) is 121 cm³/mol. The largest absolute Gasteiger partial charge is 0.357 e. The van der Waals surface area contributed by atoms with E-state index in [4.69, 9.17) is 0 Å². The first-order valence-corrected chi connectivity index (χ1v) is 9.58. The highest BCUT2D eigenvalue weighted by Crippen LogP contribution is 2.26. The molecule has 5 nitrogen and oxygen atoms in total. The molecule has 0 saturated carbocycles. The van der Waals surface area contributed by atoms with E-state index >= 15 is 0 Å². The first-order valence-electron chi connectivity index (χ1n) is 9.58. The molecule has 26 heavy (non-hydrogen) atoms. The minimum Gasteiger partial charge on any atom is -0.357 e. The normalized spacial score (nSPS) is 21.8. The molecule has 1 aromatic heterocycles. The summed E-state index contributed by atoms with van der Waals surface area (Å²) in [5, 5.41) is 6.87. The summed E-state index contributed by atoms with van der Waals surface area (Å²) in [7, 11) is 0. The van der Waals surface area contributed by atoms with E-state index in [0.717, 1.165) is 36.6 Å². The molecule has 1 fully saturated rings. The van der Waals surface area contributed by atoms with Gasteiger partial charge in [-0.15, -0.1) is 24.0 Å². The van der Waals surface area contributed by atoms with Gasteiger partial charge in [0.05, 0.1) is 12.2 Å². The van der Waals surface area contributed by atoms with E-state index in [1.807, 2.05) is 24.4 Å². The molecule has 2 atom stereocenters. The van der Waals surface area contributed by atoms with Crippen molar-refractivity contribution < 1.29 is 0 Å². The van der Waals surface area contributed by atoms with Crippen LogP contribution in [0.4, 0.5) is 0 Å². The van der Waals surface area contributed by atoms with Crippen molar-refractivity contribution in [2.24, 2.45) is 16.8 Å². The van der Waals surface area contributed by atoms with Crippen LogP contribution >= 0.6 is 24.0 Å². The standard InChI is InChI=1S/C20H35N5.HI/c1-6-21-19(23-12-18-9-7-8-10-22-18)24-15-20(4,5)25-13-16(2)11-17(3)14-25;/h7-10,16-17H,6,11-15H2,1-5H3,(H2,21,23,24);1H. The second-order valence-electron chi connectivity index (χ2n) is 8.03. The number of nitrogens with zero attached hydrogens (tertiary/aromatic N) is 3. The van der Waals surface area contributed by atoms with Crippen molar-refractivity contribution in [1.29, 1.82) is 0 Å². The van der Waals surface area contributed by atoms with Gasteiger partial charge in [-0.25, -0.2) is 4.99 Å². The van der Waals surface area contributed by atoms with Crippen LogP contribution in [0.15, 0.2) is 29.4 Å². The smallest absolute Gasteiger partial charge is 0.191 e. The zero-order valence-electron chi connectivity index (χ0n) is 17.0. The van der Waals surface area contributed by atoms with Gasteiger partial charge in [0.15, 0.2) is 5.96 Å². The van der Waals surface area contributed by atoms with E-state index in [-0.39, 0.29) is 29.5 Å². The zero-order chi connectivity index (χ0) is 18.3. The quantitative estimate of drug-likeness (QED) is 0.377. The maximum Gasteiger partial charge on any atom is 0.191 e.